The van der Waals surface area contributed by atoms with Crippen molar-refractivity contribution in [1.29, 1.82) is 0 Å². The molecule has 7 N–H and O–H groups in total. The summed E-state index contributed by atoms with van der Waals surface area (Å²) in [6, 6.07) is 0. The fraction of sp³-hybridized carbons (Fsp3) is 0.273. The maximum atomic E-state index is 12.4. The van der Waals surface area contributed by atoms with Gasteiger partial charge in [0.15, 0.2) is 55.3 Å². The van der Waals surface area contributed by atoms with E-state index < -0.39 is 24.3 Å². The van der Waals surface area contributed by atoms with Gasteiger partial charge in [0, 0.05) is 0 Å². The summed E-state index contributed by atoms with van der Waals surface area (Å²) in [6.07, 6.45) is 0. The standard InChI is InChI=1S/C33H33N21O6S3/c1-10-17(16(56)9-55)26(61-49-10)43-40-20-13(4)46-52(23(20)34)31-37-32(53-24(35)21(14(5)47-53)41-44-27-18(29(57)59-7)11(2)50-62-27)39-33(38-31)54-25(36)22(15(6)48-54)42-45-28-19(30(58)60-8)12(3)51-63-28/h55H,9,34-36H2,1-8H3. The van der Waals surface area contributed by atoms with Crippen molar-refractivity contribution < 1.29 is 29.0 Å². The zero-order valence-electron chi connectivity index (χ0n) is 34.2. The summed E-state index contributed by atoms with van der Waals surface area (Å²) in [5.74, 6) is -2.67. The van der Waals surface area contributed by atoms with Crippen LogP contribution in [-0.2, 0) is 9.47 Å². The Morgan fingerprint density at radius 1 is 0.524 bits per heavy atom. The minimum Gasteiger partial charge on any atom is -0.465 e. The molecular weight excluding hydrogens is 883 g/mol. The lowest BCUT2D eigenvalue weighted by Gasteiger charge is -2.09. The largest absolute Gasteiger partial charge is 0.465 e. The summed E-state index contributed by atoms with van der Waals surface area (Å²) < 4.78 is 25.8. The molecule has 0 saturated heterocycles. The number of Topliss-reactive ketones (excluding diaryl/α,β-unsaturated/α-hetero) is 1. The molecule has 7 aromatic heterocycles. The van der Waals surface area contributed by atoms with Crippen LogP contribution < -0.4 is 17.2 Å². The van der Waals surface area contributed by atoms with Crippen molar-refractivity contribution in [3.05, 3.63) is 50.9 Å². The Hall–Kier alpha value is -7.70. The third kappa shape index (κ3) is 7.99. The van der Waals surface area contributed by atoms with Crippen LogP contribution >= 0.6 is 34.6 Å². The van der Waals surface area contributed by atoms with E-state index in [2.05, 4.69) is 74.1 Å². The van der Waals surface area contributed by atoms with Gasteiger partial charge >= 0.3 is 11.9 Å². The van der Waals surface area contributed by atoms with Gasteiger partial charge < -0.3 is 31.8 Å². The lowest BCUT2D eigenvalue weighted by molar-refractivity contribution is 0.0592. The smallest absolute Gasteiger partial charge is 0.342 e. The van der Waals surface area contributed by atoms with Gasteiger partial charge in [0.1, 0.15) is 17.7 Å². The Morgan fingerprint density at radius 2 is 0.825 bits per heavy atom. The molecule has 0 spiro atoms. The molecule has 27 nitrogen and oxygen atoms in total. The molecule has 0 radical (unpaired) electrons. The molecule has 324 valence electrons. The molecule has 7 aromatic rings. The average Bonchev–Trinajstić information content (AvgIpc) is 4.11. The maximum Gasteiger partial charge on any atom is 0.342 e. The number of aliphatic hydroxyl groups excluding tert-OH is 1. The highest BCUT2D eigenvalue weighted by molar-refractivity contribution is 7.11. The number of nitrogens with zero attached hydrogens (tertiary/aromatic N) is 18. The highest BCUT2D eigenvalue weighted by atomic mass is 32.1. The Bertz CT molecular complexity index is 2730. The number of carbonyl (C=O) groups excluding carboxylic acids is 3. The van der Waals surface area contributed by atoms with Crippen LogP contribution in [0.4, 0.5) is 49.5 Å². The minimum atomic E-state index is -0.746. The quantitative estimate of drug-likeness (QED) is 0.0639. The number of aryl methyl sites for hydroxylation is 6. The fourth-order valence-corrected chi connectivity index (χ4v) is 7.88. The molecule has 0 aliphatic rings. The highest BCUT2D eigenvalue weighted by Gasteiger charge is 2.26. The van der Waals surface area contributed by atoms with Crippen LogP contribution in [0, 0.1) is 41.5 Å². The molecule has 0 atom stereocenters. The number of azo groups is 3. The second-order valence-corrected chi connectivity index (χ2v) is 15.2. The van der Waals surface area contributed by atoms with Crippen molar-refractivity contribution in [2.24, 2.45) is 30.7 Å². The number of hydrogen-bond acceptors (Lipinski definition) is 27. The number of esters is 2. The summed E-state index contributed by atoms with van der Waals surface area (Å²) in [4.78, 5) is 51.0. The molecule has 0 amide bonds. The van der Waals surface area contributed by atoms with Crippen LogP contribution in [0.15, 0.2) is 30.7 Å². The van der Waals surface area contributed by atoms with Gasteiger partial charge in [-0.1, -0.05) is 0 Å². The van der Waals surface area contributed by atoms with Gasteiger partial charge in [-0.3, -0.25) is 4.79 Å². The number of methoxy groups -OCH3 is 2. The van der Waals surface area contributed by atoms with Crippen LogP contribution in [0.5, 0.6) is 0 Å². The van der Waals surface area contributed by atoms with Gasteiger partial charge in [-0.2, -0.15) is 57.4 Å². The second-order valence-electron chi connectivity index (χ2n) is 12.9. The first-order valence-electron chi connectivity index (χ1n) is 17.8. The molecule has 0 fully saturated rings. The lowest BCUT2D eigenvalue weighted by Crippen LogP contribution is -2.17. The van der Waals surface area contributed by atoms with Crippen LogP contribution in [0.3, 0.4) is 0 Å². The monoisotopic (exact) mass is 915 g/mol. The number of carbonyl (C=O) groups is 3. The zero-order chi connectivity index (χ0) is 45.4. The Balaban J connectivity index is 1.36. The average molecular weight is 916 g/mol. The topological polar surface area (TPSA) is 373 Å². The molecule has 0 bridgehead atoms. The van der Waals surface area contributed by atoms with E-state index >= 15 is 0 Å². The lowest BCUT2D eigenvalue weighted by atomic mass is 10.2. The summed E-state index contributed by atoms with van der Waals surface area (Å²) in [7, 11) is 2.48. The van der Waals surface area contributed by atoms with Crippen molar-refractivity contribution >= 4 is 102 Å². The Labute approximate surface area is 366 Å². The highest BCUT2D eigenvalue weighted by Crippen LogP contribution is 2.37. The number of ketones is 1. The predicted octanol–water partition coefficient (Wildman–Crippen LogP) is 5.39. The van der Waals surface area contributed by atoms with E-state index in [1.165, 1.54) is 14.2 Å². The predicted molar refractivity (Wildman–Crippen MR) is 226 cm³/mol. The number of rotatable bonds is 13. The summed E-state index contributed by atoms with van der Waals surface area (Å²) in [6.45, 7) is 8.96. The van der Waals surface area contributed by atoms with Crippen LogP contribution in [0.25, 0.3) is 17.8 Å². The molecule has 7 heterocycles. The number of nitrogens with two attached hydrogens (primary N) is 3. The number of anilines is 3. The molecule has 0 unspecified atom stereocenters. The van der Waals surface area contributed by atoms with E-state index in [1.807, 2.05) is 0 Å². The number of hydrogen-bond donors (Lipinski definition) is 4. The van der Waals surface area contributed by atoms with Crippen LogP contribution in [0.1, 0.15) is 65.2 Å². The van der Waals surface area contributed by atoms with Crippen molar-refractivity contribution in [1.82, 2.24) is 57.4 Å². The number of aromatic nitrogens is 12. The first-order valence-corrected chi connectivity index (χ1v) is 20.2. The normalized spacial score (nSPS) is 11.8. The molecule has 7 rings (SSSR count). The van der Waals surface area contributed by atoms with Crippen molar-refractivity contribution in [2.45, 2.75) is 41.5 Å². The van der Waals surface area contributed by atoms with Gasteiger partial charge in [-0.25, -0.2) is 9.59 Å². The third-order valence-electron chi connectivity index (χ3n) is 8.82. The summed E-state index contributed by atoms with van der Waals surface area (Å²) >= 11 is 2.79. The van der Waals surface area contributed by atoms with Gasteiger partial charge in [0.25, 0.3) is 17.8 Å². The number of nitrogen functional groups attached to an aromatic ring is 3. The van der Waals surface area contributed by atoms with Gasteiger partial charge in [0.2, 0.25) is 0 Å². The Morgan fingerprint density at radius 3 is 1.13 bits per heavy atom. The zero-order valence-corrected chi connectivity index (χ0v) is 36.7. The molecule has 30 heteroatoms. The number of aliphatic hydroxyl groups is 1. The molecule has 0 aliphatic carbocycles. The SMILES string of the molecule is COC(=O)c1c(C)nsc1N=Nc1c(C)nn(-c2nc(-n3nc(C)c(N=Nc4snc(C)c4C(=O)CO)c3N)nc(-n3nc(C)c(N=Nc4snc(C)c4C(=O)OC)c3N)n2)c1N. The van der Waals surface area contributed by atoms with Gasteiger partial charge in [-0.05, 0) is 76.1 Å². The fourth-order valence-electron chi connectivity index (χ4n) is 5.70. The summed E-state index contributed by atoms with van der Waals surface area (Å²) in [5, 5.41) is 49.0. The third-order valence-corrected chi connectivity index (χ3v) is 11.3. The van der Waals surface area contributed by atoms with Gasteiger partial charge in [-0.15, -0.1) is 30.7 Å². The number of ether oxygens (including phenoxy) is 2. The van der Waals surface area contributed by atoms with Crippen molar-refractivity contribution in [3.8, 4) is 17.8 Å². The molecule has 0 aromatic carbocycles. The molecule has 0 aliphatic heterocycles. The Kier molecular flexibility index (Phi) is 11.9. The molecule has 0 saturated carbocycles. The van der Waals surface area contributed by atoms with Gasteiger partial charge in [0.05, 0.1) is 53.9 Å². The minimum absolute atomic E-state index is 0.0761. The van der Waals surface area contributed by atoms with E-state index in [4.69, 9.17) is 26.7 Å². The maximum absolute atomic E-state index is 12.4. The van der Waals surface area contributed by atoms with E-state index in [9.17, 15) is 19.5 Å². The molecular formula is C33H33N21O6S3. The van der Waals surface area contributed by atoms with E-state index in [-0.39, 0.29) is 101 Å². The van der Waals surface area contributed by atoms with Crippen LogP contribution in [0.2, 0.25) is 0 Å². The van der Waals surface area contributed by atoms with E-state index in [0.717, 1.165) is 48.6 Å². The van der Waals surface area contributed by atoms with E-state index in [1.54, 1.807) is 41.5 Å². The van der Waals surface area contributed by atoms with Crippen molar-refractivity contribution in [2.75, 3.05) is 38.0 Å². The van der Waals surface area contributed by atoms with Crippen molar-refractivity contribution in [3.63, 3.8) is 0 Å². The first kappa shape index (κ1) is 43.4. The second kappa shape index (κ2) is 17.3. The van der Waals surface area contributed by atoms with Crippen LogP contribution in [-0.4, -0.2) is 101 Å². The summed E-state index contributed by atoms with van der Waals surface area (Å²) in [5.41, 5.74) is 22.6. The van der Waals surface area contributed by atoms with E-state index in [0.29, 0.717) is 17.1 Å². The first-order chi connectivity index (χ1) is 30.1. The molecule has 63 heavy (non-hydrogen) atoms.